The van der Waals surface area contributed by atoms with Gasteiger partial charge in [0, 0.05) is 37.8 Å². The molecule has 1 unspecified atom stereocenters. The van der Waals surface area contributed by atoms with Crippen molar-refractivity contribution in [3.05, 3.63) is 42.3 Å². The molecule has 1 atom stereocenters. The molecule has 156 valence electrons. The zero-order valence-corrected chi connectivity index (χ0v) is 17.4. The standard InChI is InChI=1S/C23H33N5O/c1-2-24-23(27-20-12-13-28(16-20)15-18-8-6-7-9-18)25-14-21-17-29-22(26-21)19-10-4-3-5-11-19/h3-5,10-11,17-18,20H,2,6-9,12-16H2,1H3,(H2,24,25,27). The van der Waals surface area contributed by atoms with Crippen molar-refractivity contribution >= 4 is 5.96 Å². The Bertz CT molecular complexity index is 782. The van der Waals surface area contributed by atoms with Crippen LogP contribution >= 0.6 is 0 Å². The maximum Gasteiger partial charge on any atom is 0.226 e. The van der Waals surface area contributed by atoms with Crippen molar-refractivity contribution in [3.8, 4) is 11.5 Å². The molecule has 6 nitrogen and oxygen atoms in total. The lowest BCUT2D eigenvalue weighted by Crippen LogP contribution is -2.44. The van der Waals surface area contributed by atoms with Gasteiger partial charge >= 0.3 is 0 Å². The number of rotatable bonds is 7. The summed E-state index contributed by atoms with van der Waals surface area (Å²) >= 11 is 0. The van der Waals surface area contributed by atoms with Crippen molar-refractivity contribution < 1.29 is 4.42 Å². The normalized spacial score (nSPS) is 21.0. The molecule has 2 N–H and O–H groups in total. The third kappa shape index (κ3) is 5.60. The van der Waals surface area contributed by atoms with Crippen LogP contribution in [0.2, 0.25) is 0 Å². The Balaban J connectivity index is 1.30. The van der Waals surface area contributed by atoms with Crippen LogP contribution in [0.15, 0.2) is 46.0 Å². The number of hydrogen-bond donors (Lipinski definition) is 2. The van der Waals surface area contributed by atoms with Crippen LogP contribution in [0.4, 0.5) is 0 Å². The Labute approximate surface area is 173 Å². The van der Waals surface area contributed by atoms with E-state index in [9.17, 15) is 0 Å². The molecule has 0 radical (unpaired) electrons. The molecule has 2 aliphatic rings. The predicted octanol–water partition coefficient (Wildman–Crippen LogP) is 3.66. The highest BCUT2D eigenvalue weighted by Gasteiger charge is 2.26. The summed E-state index contributed by atoms with van der Waals surface area (Å²) in [4.78, 5) is 11.9. The zero-order chi connectivity index (χ0) is 19.9. The molecule has 2 aromatic rings. The van der Waals surface area contributed by atoms with E-state index in [1.807, 2.05) is 30.3 Å². The quantitative estimate of drug-likeness (QED) is 0.553. The maximum atomic E-state index is 5.63. The third-order valence-corrected chi connectivity index (χ3v) is 5.92. The van der Waals surface area contributed by atoms with Crippen LogP contribution < -0.4 is 10.6 Å². The highest BCUT2D eigenvalue weighted by Crippen LogP contribution is 2.26. The Morgan fingerprint density at radius 3 is 2.83 bits per heavy atom. The number of oxazole rings is 1. The van der Waals surface area contributed by atoms with Crippen molar-refractivity contribution in [2.45, 2.75) is 51.6 Å². The van der Waals surface area contributed by atoms with Gasteiger partial charge in [0.1, 0.15) is 12.0 Å². The number of aliphatic imine (C=N–C) groups is 1. The topological polar surface area (TPSA) is 65.7 Å². The van der Waals surface area contributed by atoms with Crippen LogP contribution in [-0.4, -0.2) is 48.1 Å². The van der Waals surface area contributed by atoms with Crippen LogP contribution in [0.25, 0.3) is 11.5 Å². The average Bonchev–Trinajstić information content (AvgIpc) is 3.50. The average molecular weight is 396 g/mol. The molecule has 1 saturated carbocycles. The third-order valence-electron chi connectivity index (χ3n) is 5.92. The van der Waals surface area contributed by atoms with E-state index >= 15 is 0 Å². The number of benzene rings is 1. The highest BCUT2D eigenvalue weighted by molar-refractivity contribution is 5.80. The van der Waals surface area contributed by atoms with Crippen LogP contribution in [0.3, 0.4) is 0 Å². The van der Waals surface area contributed by atoms with Crippen LogP contribution in [-0.2, 0) is 6.54 Å². The lowest BCUT2D eigenvalue weighted by molar-refractivity contribution is 0.275. The van der Waals surface area contributed by atoms with Crippen LogP contribution in [0.5, 0.6) is 0 Å². The first-order valence-corrected chi connectivity index (χ1v) is 11.1. The summed E-state index contributed by atoms with van der Waals surface area (Å²) in [6, 6.07) is 10.4. The molecule has 1 aromatic carbocycles. The minimum Gasteiger partial charge on any atom is -0.444 e. The van der Waals surface area contributed by atoms with E-state index in [2.05, 4.69) is 27.4 Å². The van der Waals surface area contributed by atoms with E-state index in [0.717, 1.165) is 36.2 Å². The van der Waals surface area contributed by atoms with Crippen LogP contribution in [0.1, 0.15) is 44.7 Å². The van der Waals surface area contributed by atoms with Gasteiger partial charge in [0.15, 0.2) is 5.96 Å². The van der Waals surface area contributed by atoms with Gasteiger partial charge in [0.2, 0.25) is 5.89 Å². The molecule has 1 aliphatic carbocycles. The van der Waals surface area contributed by atoms with Gasteiger partial charge in [-0.15, -0.1) is 0 Å². The zero-order valence-electron chi connectivity index (χ0n) is 17.4. The molecule has 4 rings (SSSR count). The Hall–Kier alpha value is -2.34. The molecular formula is C23H33N5O. The van der Waals surface area contributed by atoms with Crippen molar-refractivity contribution in [1.29, 1.82) is 0 Å². The Morgan fingerprint density at radius 2 is 2.03 bits per heavy atom. The summed E-state index contributed by atoms with van der Waals surface area (Å²) in [7, 11) is 0. The van der Waals surface area contributed by atoms with Gasteiger partial charge in [-0.05, 0) is 44.2 Å². The van der Waals surface area contributed by atoms with Crippen molar-refractivity contribution in [3.63, 3.8) is 0 Å². The molecule has 1 aliphatic heterocycles. The molecule has 1 aromatic heterocycles. The second-order valence-electron chi connectivity index (χ2n) is 8.25. The molecule has 2 heterocycles. The number of nitrogens with zero attached hydrogens (tertiary/aromatic N) is 3. The summed E-state index contributed by atoms with van der Waals surface area (Å²) in [5.74, 6) is 2.43. The van der Waals surface area contributed by atoms with Crippen molar-refractivity contribution in [2.75, 3.05) is 26.2 Å². The number of guanidine groups is 1. The summed E-state index contributed by atoms with van der Waals surface area (Å²) in [5.41, 5.74) is 1.83. The first kappa shape index (κ1) is 20.0. The smallest absolute Gasteiger partial charge is 0.226 e. The molecule has 6 heteroatoms. The van der Waals surface area contributed by atoms with Gasteiger partial charge in [0.05, 0.1) is 6.54 Å². The molecule has 0 spiro atoms. The van der Waals surface area contributed by atoms with Gasteiger partial charge in [-0.2, -0.15) is 0 Å². The lowest BCUT2D eigenvalue weighted by atomic mass is 10.1. The van der Waals surface area contributed by atoms with Crippen LogP contribution in [0, 0.1) is 5.92 Å². The minimum atomic E-state index is 0.464. The first-order chi connectivity index (χ1) is 14.3. The SMILES string of the molecule is CCNC(=NCc1coc(-c2ccccc2)n1)NC1CCN(CC2CCCC2)C1. The number of nitrogens with one attached hydrogen (secondary N) is 2. The number of likely N-dealkylation sites (tertiary alicyclic amines) is 1. The van der Waals surface area contributed by atoms with E-state index < -0.39 is 0 Å². The largest absolute Gasteiger partial charge is 0.444 e. The number of aromatic nitrogens is 1. The molecule has 1 saturated heterocycles. The molecule has 0 bridgehead atoms. The van der Waals surface area contributed by atoms with Gasteiger partial charge in [-0.1, -0.05) is 31.0 Å². The van der Waals surface area contributed by atoms with E-state index in [4.69, 9.17) is 9.41 Å². The first-order valence-electron chi connectivity index (χ1n) is 11.1. The van der Waals surface area contributed by atoms with E-state index in [1.54, 1.807) is 6.26 Å². The van der Waals surface area contributed by atoms with E-state index in [0.29, 0.717) is 18.5 Å². The summed E-state index contributed by atoms with van der Waals surface area (Å²) in [5, 5.41) is 6.99. The van der Waals surface area contributed by atoms with Crippen molar-refractivity contribution in [2.24, 2.45) is 10.9 Å². The fourth-order valence-corrected chi connectivity index (χ4v) is 4.44. The monoisotopic (exact) mass is 395 g/mol. The van der Waals surface area contributed by atoms with E-state index in [-0.39, 0.29) is 0 Å². The molecular weight excluding hydrogens is 362 g/mol. The summed E-state index contributed by atoms with van der Waals surface area (Å²) in [6.45, 7) is 7.03. The van der Waals surface area contributed by atoms with E-state index in [1.165, 1.54) is 45.2 Å². The lowest BCUT2D eigenvalue weighted by Gasteiger charge is -2.21. The second kappa shape index (κ2) is 9.92. The fraction of sp³-hybridized carbons (Fsp3) is 0.565. The van der Waals surface area contributed by atoms with Gasteiger partial charge in [-0.25, -0.2) is 9.98 Å². The van der Waals surface area contributed by atoms with Gasteiger partial charge in [0.25, 0.3) is 0 Å². The van der Waals surface area contributed by atoms with Gasteiger partial charge < -0.3 is 20.0 Å². The van der Waals surface area contributed by atoms with Gasteiger partial charge in [-0.3, -0.25) is 0 Å². The maximum absolute atomic E-state index is 5.63. The molecule has 29 heavy (non-hydrogen) atoms. The molecule has 0 amide bonds. The summed E-state index contributed by atoms with van der Waals surface area (Å²) in [6.07, 6.45) is 8.56. The highest BCUT2D eigenvalue weighted by atomic mass is 16.3. The fourth-order valence-electron chi connectivity index (χ4n) is 4.44. The minimum absolute atomic E-state index is 0.464. The Morgan fingerprint density at radius 1 is 1.21 bits per heavy atom. The summed E-state index contributed by atoms with van der Waals surface area (Å²) < 4.78 is 5.63. The number of hydrogen-bond acceptors (Lipinski definition) is 4. The second-order valence-corrected chi connectivity index (χ2v) is 8.25. The van der Waals surface area contributed by atoms with Crippen molar-refractivity contribution in [1.82, 2.24) is 20.5 Å². The predicted molar refractivity (Wildman–Crippen MR) is 117 cm³/mol. The molecule has 2 fully saturated rings. The Kier molecular flexibility index (Phi) is 6.83.